The molecule has 0 saturated carbocycles. The van der Waals surface area contributed by atoms with E-state index in [1.165, 1.54) is 3.57 Å². The Balaban J connectivity index is 1.90. The van der Waals surface area contributed by atoms with Crippen molar-refractivity contribution in [3.8, 4) is 5.75 Å². The van der Waals surface area contributed by atoms with Gasteiger partial charge in [0.05, 0.1) is 25.2 Å². The van der Waals surface area contributed by atoms with E-state index in [1.54, 1.807) is 0 Å². The summed E-state index contributed by atoms with van der Waals surface area (Å²) in [5, 5.41) is 9.20. The predicted molar refractivity (Wildman–Crippen MR) is 65.0 cm³/mol. The molecule has 2 rings (SSSR count). The van der Waals surface area contributed by atoms with Gasteiger partial charge in [0.25, 0.3) is 0 Å². The number of rotatable bonds is 4. The first-order chi connectivity index (χ1) is 7.24. The molecule has 1 fully saturated rings. The van der Waals surface area contributed by atoms with Crippen molar-refractivity contribution in [1.29, 1.82) is 0 Å². The Labute approximate surface area is 103 Å². The molecular weight excluding hydrogens is 307 g/mol. The molecule has 1 heterocycles. The minimum Gasteiger partial charge on any atom is -0.493 e. The molecule has 0 unspecified atom stereocenters. The molecule has 3 nitrogen and oxygen atoms in total. The molecule has 15 heavy (non-hydrogen) atoms. The number of aliphatic hydroxyl groups is 1. The third-order valence-electron chi connectivity index (χ3n) is 2.51. The van der Waals surface area contributed by atoms with E-state index in [2.05, 4.69) is 22.6 Å². The van der Waals surface area contributed by atoms with Crippen molar-refractivity contribution >= 4 is 22.6 Å². The van der Waals surface area contributed by atoms with E-state index in [4.69, 9.17) is 9.47 Å². The van der Waals surface area contributed by atoms with Gasteiger partial charge in [-0.05, 0) is 46.9 Å². The minimum atomic E-state index is -0.178. The first kappa shape index (κ1) is 11.2. The smallest absolute Gasteiger partial charge is 0.119 e. The van der Waals surface area contributed by atoms with E-state index >= 15 is 0 Å². The van der Waals surface area contributed by atoms with Crippen LogP contribution in [0.15, 0.2) is 24.3 Å². The molecule has 0 aliphatic carbocycles. The first-order valence-corrected chi connectivity index (χ1v) is 5.89. The molecule has 1 aliphatic heterocycles. The van der Waals surface area contributed by atoms with Crippen LogP contribution in [0.25, 0.3) is 0 Å². The van der Waals surface area contributed by atoms with Gasteiger partial charge in [-0.3, -0.25) is 0 Å². The largest absolute Gasteiger partial charge is 0.493 e. The maximum atomic E-state index is 9.20. The molecule has 0 bridgehead atoms. The zero-order chi connectivity index (χ0) is 10.7. The molecule has 0 spiro atoms. The van der Waals surface area contributed by atoms with Crippen LogP contribution in [0.1, 0.15) is 0 Å². The van der Waals surface area contributed by atoms with Crippen molar-refractivity contribution in [1.82, 2.24) is 0 Å². The monoisotopic (exact) mass is 320 g/mol. The van der Waals surface area contributed by atoms with Crippen molar-refractivity contribution in [2.24, 2.45) is 5.41 Å². The van der Waals surface area contributed by atoms with E-state index < -0.39 is 0 Å². The number of hydrogen-bond acceptors (Lipinski definition) is 3. The summed E-state index contributed by atoms with van der Waals surface area (Å²) in [7, 11) is 0. The molecule has 1 aromatic carbocycles. The van der Waals surface area contributed by atoms with Crippen molar-refractivity contribution in [3.63, 3.8) is 0 Å². The minimum absolute atomic E-state index is 0.122. The molecule has 4 heteroatoms. The highest BCUT2D eigenvalue weighted by atomic mass is 127. The van der Waals surface area contributed by atoms with Gasteiger partial charge in [0.1, 0.15) is 12.4 Å². The molecular formula is C11H13IO3. The zero-order valence-electron chi connectivity index (χ0n) is 8.28. The molecule has 0 aromatic heterocycles. The van der Waals surface area contributed by atoms with E-state index in [0.29, 0.717) is 19.8 Å². The maximum absolute atomic E-state index is 9.20. The highest BCUT2D eigenvalue weighted by Crippen LogP contribution is 2.27. The third kappa shape index (κ3) is 2.62. The van der Waals surface area contributed by atoms with Gasteiger partial charge >= 0.3 is 0 Å². The van der Waals surface area contributed by atoms with Crippen molar-refractivity contribution < 1.29 is 14.6 Å². The van der Waals surface area contributed by atoms with E-state index in [0.717, 1.165) is 5.75 Å². The van der Waals surface area contributed by atoms with E-state index in [1.807, 2.05) is 24.3 Å². The number of ether oxygens (including phenoxy) is 2. The lowest BCUT2D eigenvalue weighted by Gasteiger charge is -2.39. The van der Waals surface area contributed by atoms with Gasteiger partial charge < -0.3 is 14.6 Å². The summed E-state index contributed by atoms with van der Waals surface area (Å²) < 4.78 is 11.9. The Kier molecular flexibility index (Phi) is 3.48. The summed E-state index contributed by atoms with van der Waals surface area (Å²) in [4.78, 5) is 0. The lowest BCUT2D eigenvalue weighted by Crippen LogP contribution is -2.49. The maximum Gasteiger partial charge on any atom is 0.119 e. The summed E-state index contributed by atoms with van der Waals surface area (Å²) in [5.41, 5.74) is -0.178. The van der Waals surface area contributed by atoms with Crippen LogP contribution in [0.5, 0.6) is 5.75 Å². The van der Waals surface area contributed by atoms with Crippen LogP contribution in [0.2, 0.25) is 0 Å². The van der Waals surface area contributed by atoms with Crippen LogP contribution >= 0.6 is 22.6 Å². The Morgan fingerprint density at radius 2 is 2.00 bits per heavy atom. The lowest BCUT2D eigenvalue weighted by molar-refractivity contribution is -0.153. The van der Waals surface area contributed by atoms with Crippen molar-refractivity contribution in [3.05, 3.63) is 27.8 Å². The van der Waals surface area contributed by atoms with Gasteiger partial charge in [-0.15, -0.1) is 0 Å². The normalized spacial score (nSPS) is 18.3. The van der Waals surface area contributed by atoms with Crippen LogP contribution in [0.3, 0.4) is 0 Å². The molecule has 0 atom stereocenters. The Morgan fingerprint density at radius 3 is 2.47 bits per heavy atom. The molecule has 0 radical (unpaired) electrons. The summed E-state index contributed by atoms with van der Waals surface area (Å²) in [6.07, 6.45) is 0. The second-order valence-electron chi connectivity index (χ2n) is 3.89. The zero-order valence-corrected chi connectivity index (χ0v) is 10.4. The standard InChI is InChI=1S/C11H13IO3/c12-9-1-3-10(4-2-9)15-8-11(5-13)6-14-7-11/h1-4,13H,5-8H2. The SMILES string of the molecule is OCC1(COc2ccc(I)cc2)COC1. The quantitative estimate of drug-likeness (QED) is 0.858. The highest BCUT2D eigenvalue weighted by Gasteiger charge is 2.39. The average molecular weight is 320 g/mol. The van der Waals surface area contributed by atoms with E-state index in [-0.39, 0.29) is 12.0 Å². The van der Waals surface area contributed by atoms with Gasteiger partial charge in [-0.2, -0.15) is 0 Å². The third-order valence-corrected chi connectivity index (χ3v) is 3.23. The lowest BCUT2D eigenvalue weighted by atomic mass is 9.88. The molecule has 1 aromatic rings. The highest BCUT2D eigenvalue weighted by molar-refractivity contribution is 14.1. The van der Waals surface area contributed by atoms with Crippen LogP contribution < -0.4 is 4.74 Å². The van der Waals surface area contributed by atoms with Gasteiger partial charge in [0, 0.05) is 3.57 Å². The fourth-order valence-electron chi connectivity index (χ4n) is 1.38. The number of benzene rings is 1. The van der Waals surface area contributed by atoms with Crippen LogP contribution in [-0.4, -0.2) is 31.5 Å². The van der Waals surface area contributed by atoms with Crippen LogP contribution in [0, 0.1) is 8.99 Å². The Morgan fingerprint density at radius 1 is 1.33 bits per heavy atom. The summed E-state index contributed by atoms with van der Waals surface area (Å²) in [5.74, 6) is 0.843. The second kappa shape index (κ2) is 4.67. The Bertz CT molecular complexity index is 314. The first-order valence-electron chi connectivity index (χ1n) is 4.81. The van der Waals surface area contributed by atoms with Crippen molar-refractivity contribution in [2.45, 2.75) is 0 Å². The molecule has 82 valence electrons. The average Bonchev–Trinajstić information content (AvgIpc) is 2.20. The van der Waals surface area contributed by atoms with Crippen LogP contribution in [0.4, 0.5) is 0 Å². The Hall–Kier alpha value is -0.330. The van der Waals surface area contributed by atoms with E-state index in [9.17, 15) is 5.11 Å². The summed E-state index contributed by atoms with van der Waals surface area (Å²) in [6.45, 7) is 1.82. The number of hydrogen-bond donors (Lipinski definition) is 1. The molecule has 1 N–H and O–H groups in total. The molecule has 1 aliphatic rings. The second-order valence-corrected chi connectivity index (χ2v) is 5.14. The number of aliphatic hydroxyl groups excluding tert-OH is 1. The summed E-state index contributed by atoms with van der Waals surface area (Å²) >= 11 is 2.25. The predicted octanol–water partition coefficient (Wildman–Crippen LogP) is 1.68. The van der Waals surface area contributed by atoms with Crippen molar-refractivity contribution in [2.75, 3.05) is 26.4 Å². The molecule has 0 amide bonds. The fourth-order valence-corrected chi connectivity index (χ4v) is 1.74. The molecule has 1 saturated heterocycles. The van der Waals surface area contributed by atoms with Gasteiger partial charge in [0.2, 0.25) is 0 Å². The van der Waals surface area contributed by atoms with Gasteiger partial charge in [-0.1, -0.05) is 0 Å². The summed E-state index contributed by atoms with van der Waals surface area (Å²) in [6, 6.07) is 7.87. The number of halogens is 1. The van der Waals surface area contributed by atoms with Gasteiger partial charge in [0.15, 0.2) is 0 Å². The topological polar surface area (TPSA) is 38.7 Å². The van der Waals surface area contributed by atoms with Crippen LogP contribution in [-0.2, 0) is 4.74 Å². The fraction of sp³-hybridized carbons (Fsp3) is 0.455. The van der Waals surface area contributed by atoms with Gasteiger partial charge in [-0.25, -0.2) is 0 Å².